The van der Waals surface area contributed by atoms with Crippen molar-refractivity contribution < 1.29 is 5.21 Å². The number of thiocarbonyl (C=S) groups is 1. The van der Waals surface area contributed by atoms with Gasteiger partial charge in [0.1, 0.15) is 5.66 Å². The average Bonchev–Trinajstić information content (AvgIpc) is 2.12. The zero-order valence-electron chi connectivity index (χ0n) is 7.29. The molecule has 0 aromatic rings. The maximum Gasteiger partial charge on any atom is 0.152 e. The van der Waals surface area contributed by atoms with Crippen LogP contribution in [0.25, 0.3) is 0 Å². The van der Waals surface area contributed by atoms with E-state index >= 15 is 0 Å². The molecule has 1 aliphatic heterocycles. The number of nitrogens with two attached hydrogens (primary N) is 1. The number of nitrogens with zero attached hydrogens (tertiary/aromatic N) is 1. The summed E-state index contributed by atoms with van der Waals surface area (Å²) in [6.07, 6.45) is 0. The van der Waals surface area contributed by atoms with Crippen LogP contribution in [0.1, 0.15) is 20.8 Å². The van der Waals surface area contributed by atoms with E-state index in [1.54, 1.807) is 6.92 Å². The fourth-order valence-corrected chi connectivity index (χ4v) is 2.90. The molecule has 1 saturated heterocycles. The van der Waals surface area contributed by atoms with Gasteiger partial charge in [0.05, 0.1) is 4.75 Å². The van der Waals surface area contributed by atoms with Gasteiger partial charge < -0.3 is 5.21 Å². The zero-order chi connectivity index (χ0) is 9.57. The van der Waals surface area contributed by atoms with Gasteiger partial charge in [-0.1, -0.05) is 24.0 Å². The fourth-order valence-electron chi connectivity index (χ4n) is 1.03. The Labute approximate surface area is 81.4 Å². The third-order valence-corrected chi connectivity index (χ3v) is 4.14. The van der Waals surface area contributed by atoms with Gasteiger partial charge in [-0.05, 0) is 20.8 Å². The summed E-state index contributed by atoms with van der Waals surface area (Å²) in [5.74, 6) is 5.69. The SMILES string of the molecule is CC1(C)SC(=S)N(N)C1(C)NO. The third-order valence-electron chi connectivity index (χ3n) is 2.41. The summed E-state index contributed by atoms with van der Waals surface area (Å²) >= 11 is 6.49. The van der Waals surface area contributed by atoms with E-state index < -0.39 is 5.66 Å². The molecule has 12 heavy (non-hydrogen) atoms. The van der Waals surface area contributed by atoms with E-state index in [2.05, 4.69) is 5.48 Å². The third kappa shape index (κ3) is 1.14. The van der Waals surface area contributed by atoms with Crippen molar-refractivity contribution in [1.29, 1.82) is 0 Å². The van der Waals surface area contributed by atoms with E-state index in [4.69, 9.17) is 23.3 Å². The summed E-state index contributed by atoms with van der Waals surface area (Å²) < 4.78 is 0.345. The normalized spacial score (nSPS) is 34.4. The van der Waals surface area contributed by atoms with E-state index in [1.165, 1.54) is 16.8 Å². The van der Waals surface area contributed by atoms with E-state index in [0.717, 1.165) is 0 Å². The second kappa shape index (κ2) is 2.81. The first kappa shape index (κ1) is 10.2. The molecule has 4 N–H and O–H groups in total. The lowest BCUT2D eigenvalue weighted by Crippen LogP contribution is -2.64. The molecule has 1 rings (SSSR count). The molecule has 0 amide bonds. The quantitative estimate of drug-likeness (QED) is 0.334. The van der Waals surface area contributed by atoms with Crippen molar-refractivity contribution in [2.24, 2.45) is 5.84 Å². The van der Waals surface area contributed by atoms with Crippen molar-refractivity contribution in [3.8, 4) is 0 Å². The van der Waals surface area contributed by atoms with Crippen molar-refractivity contribution in [2.75, 3.05) is 0 Å². The van der Waals surface area contributed by atoms with Crippen LogP contribution in [-0.2, 0) is 0 Å². The van der Waals surface area contributed by atoms with Gasteiger partial charge in [0.25, 0.3) is 0 Å². The molecule has 70 valence electrons. The lowest BCUT2D eigenvalue weighted by molar-refractivity contribution is -0.0160. The molecule has 0 saturated carbocycles. The fraction of sp³-hybridized carbons (Fsp3) is 0.833. The van der Waals surface area contributed by atoms with Crippen molar-refractivity contribution in [3.63, 3.8) is 0 Å². The van der Waals surface area contributed by atoms with Crippen molar-refractivity contribution in [2.45, 2.75) is 31.2 Å². The monoisotopic (exact) mass is 207 g/mol. The predicted molar refractivity (Wildman–Crippen MR) is 53.6 cm³/mol. The van der Waals surface area contributed by atoms with Crippen LogP contribution in [0.3, 0.4) is 0 Å². The van der Waals surface area contributed by atoms with Crippen molar-refractivity contribution in [1.82, 2.24) is 10.5 Å². The minimum absolute atomic E-state index is 0.242. The molecule has 1 unspecified atom stereocenters. The highest BCUT2D eigenvalue weighted by atomic mass is 32.2. The lowest BCUT2D eigenvalue weighted by Gasteiger charge is -2.38. The molecule has 1 heterocycles. The van der Waals surface area contributed by atoms with Gasteiger partial charge in [-0.3, -0.25) is 5.01 Å². The van der Waals surface area contributed by atoms with Crippen molar-refractivity contribution in [3.05, 3.63) is 0 Å². The van der Waals surface area contributed by atoms with Crippen LogP contribution in [0.5, 0.6) is 0 Å². The highest BCUT2D eigenvalue weighted by Crippen LogP contribution is 2.44. The largest absolute Gasteiger partial charge is 0.314 e. The topological polar surface area (TPSA) is 61.5 Å². The summed E-state index contributed by atoms with van der Waals surface area (Å²) in [7, 11) is 0. The minimum atomic E-state index is -0.700. The van der Waals surface area contributed by atoms with Gasteiger partial charge in [0.2, 0.25) is 0 Å². The van der Waals surface area contributed by atoms with Crippen LogP contribution in [0.15, 0.2) is 0 Å². The molecule has 0 spiro atoms. The minimum Gasteiger partial charge on any atom is -0.314 e. The second-order valence-electron chi connectivity index (χ2n) is 3.43. The lowest BCUT2D eigenvalue weighted by atomic mass is 9.98. The number of hydroxylamine groups is 1. The Balaban J connectivity index is 3.04. The van der Waals surface area contributed by atoms with Gasteiger partial charge in [-0.25, -0.2) is 5.84 Å². The number of thioether (sulfide) groups is 1. The Morgan fingerprint density at radius 1 is 1.58 bits per heavy atom. The maximum absolute atomic E-state index is 9.00. The van der Waals surface area contributed by atoms with E-state index in [0.29, 0.717) is 4.32 Å². The maximum atomic E-state index is 9.00. The number of hydrazine groups is 1. The van der Waals surface area contributed by atoms with Gasteiger partial charge in [-0.2, -0.15) is 5.48 Å². The smallest absolute Gasteiger partial charge is 0.152 e. The van der Waals surface area contributed by atoms with Gasteiger partial charge in [-0.15, -0.1) is 0 Å². The first-order chi connectivity index (χ1) is 5.35. The molecule has 6 heteroatoms. The molecule has 1 fully saturated rings. The summed E-state index contributed by atoms with van der Waals surface area (Å²) in [5, 5.41) is 10.4. The van der Waals surface area contributed by atoms with Crippen molar-refractivity contribution >= 4 is 28.3 Å². The molecule has 0 aliphatic carbocycles. The van der Waals surface area contributed by atoms with Gasteiger partial charge >= 0.3 is 0 Å². The highest BCUT2D eigenvalue weighted by molar-refractivity contribution is 8.24. The molecular formula is C6H13N3OS2. The Bertz CT molecular complexity index is 221. The Morgan fingerprint density at radius 2 is 2.08 bits per heavy atom. The molecule has 0 radical (unpaired) electrons. The molecule has 0 aromatic carbocycles. The number of hydrogen-bond donors (Lipinski definition) is 3. The van der Waals surface area contributed by atoms with Crippen LogP contribution in [0.4, 0.5) is 0 Å². The van der Waals surface area contributed by atoms with Gasteiger partial charge in [0, 0.05) is 0 Å². The second-order valence-corrected chi connectivity index (χ2v) is 5.69. The number of nitrogens with one attached hydrogen (secondary N) is 1. The standard InChI is InChI=1S/C6H13N3OS2/c1-5(2)6(3,8-10)9(7)4(11)12-5/h8,10H,7H2,1-3H3. The number of rotatable bonds is 1. The summed E-state index contributed by atoms with van der Waals surface area (Å²) in [4.78, 5) is 0. The highest BCUT2D eigenvalue weighted by Gasteiger charge is 2.53. The molecule has 1 atom stereocenters. The molecular weight excluding hydrogens is 194 g/mol. The van der Waals surface area contributed by atoms with Crippen LogP contribution in [0.2, 0.25) is 0 Å². The van der Waals surface area contributed by atoms with E-state index in [1.807, 2.05) is 13.8 Å². The molecule has 1 aliphatic rings. The Morgan fingerprint density at radius 3 is 2.25 bits per heavy atom. The Kier molecular flexibility index (Phi) is 2.39. The molecule has 4 nitrogen and oxygen atoms in total. The first-order valence-electron chi connectivity index (χ1n) is 3.54. The molecule has 0 aromatic heterocycles. The van der Waals surface area contributed by atoms with E-state index in [-0.39, 0.29) is 4.75 Å². The zero-order valence-corrected chi connectivity index (χ0v) is 8.92. The van der Waals surface area contributed by atoms with Crippen LogP contribution >= 0.6 is 24.0 Å². The summed E-state index contributed by atoms with van der Waals surface area (Å²) in [5.41, 5.74) is 1.50. The van der Waals surface area contributed by atoms with Crippen LogP contribution in [0, 0.1) is 0 Å². The summed E-state index contributed by atoms with van der Waals surface area (Å²) in [6, 6.07) is 0. The van der Waals surface area contributed by atoms with E-state index in [9.17, 15) is 0 Å². The number of hydrogen-bond acceptors (Lipinski definition) is 5. The van der Waals surface area contributed by atoms with Crippen LogP contribution < -0.4 is 11.3 Å². The Hall–Kier alpha value is 0.120. The van der Waals surface area contributed by atoms with Gasteiger partial charge in [0.15, 0.2) is 4.32 Å². The predicted octanol–water partition coefficient (Wildman–Crippen LogP) is 0.667. The average molecular weight is 207 g/mol. The van der Waals surface area contributed by atoms with Crippen LogP contribution in [-0.4, -0.2) is 24.9 Å². The first-order valence-corrected chi connectivity index (χ1v) is 4.77. The summed E-state index contributed by atoms with van der Waals surface area (Å²) in [6.45, 7) is 5.75. The molecule has 0 bridgehead atoms.